The fraction of sp³-hybridized carbons (Fsp3) is 0.400. The normalized spacial score (nSPS) is 12.7. The molecule has 0 saturated carbocycles. The lowest BCUT2D eigenvalue weighted by Gasteiger charge is -2.13. The Balaban J connectivity index is 2.16. The van der Waals surface area contributed by atoms with Crippen LogP contribution in [0, 0.1) is 5.82 Å². The van der Waals surface area contributed by atoms with E-state index in [9.17, 15) is 9.50 Å². The Morgan fingerprint density at radius 3 is 2.62 bits per heavy atom. The number of aromatic nitrogens is 2. The standard InChI is InChI=1S/C15H17Cl2FN2O/c1-3-13-15(17)14(20(2)19-13)8-9(21)7-10-11(16)5-4-6-12(10)18/h4-6,9,21H,3,7-8H2,1-2H3. The van der Waals surface area contributed by atoms with Gasteiger partial charge in [0, 0.05) is 30.5 Å². The highest BCUT2D eigenvalue weighted by molar-refractivity contribution is 6.32. The molecule has 0 aliphatic heterocycles. The number of hydrogen-bond acceptors (Lipinski definition) is 2. The van der Waals surface area contributed by atoms with Crippen LogP contribution in [0.25, 0.3) is 0 Å². The first-order valence-electron chi connectivity index (χ1n) is 6.75. The molecular formula is C15H17Cl2FN2O. The molecule has 0 fully saturated rings. The van der Waals surface area contributed by atoms with Crippen molar-refractivity contribution >= 4 is 23.2 Å². The maximum Gasteiger partial charge on any atom is 0.127 e. The van der Waals surface area contributed by atoms with Crippen LogP contribution in [0.5, 0.6) is 0 Å². The number of nitrogens with zero attached hydrogens (tertiary/aromatic N) is 2. The first kappa shape index (κ1) is 16.3. The minimum absolute atomic E-state index is 0.133. The van der Waals surface area contributed by atoms with Crippen LogP contribution in [0.4, 0.5) is 4.39 Å². The second-order valence-corrected chi connectivity index (χ2v) is 5.73. The lowest BCUT2D eigenvalue weighted by molar-refractivity contribution is 0.171. The molecule has 0 bridgehead atoms. The highest BCUT2D eigenvalue weighted by Gasteiger charge is 2.19. The van der Waals surface area contributed by atoms with E-state index in [0.29, 0.717) is 22.0 Å². The monoisotopic (exact) mass is 330 g/mol. The van der Waals surface area contributed by atoms with Crippen LogP contribution in [0.2, 0.25) is 10.0 Å². The largest absolute Gasteiger partial charge is 0.392 e. The van der Waals surface area contributed by atoms with Crippen molar-refractivity contribution in [1.29, 1.82) is 0 Å². The number of rotatable bonds is 5. The fourth-order valence-electron chi connectivity index (χ4n) is 2.30. The van der Waals surface area contributed by atoms with Gasteiger partial charge in [0.2, 0.25) is 0 Å². The minimum atomic E-state index is -0.781. The van der Waals surface area contributed by atoms with E-state index in [1.165, 1.54) is 6.07 Å². The summed E-state index contributed by atoms with van der Waals surface area (Å²) < 4.78 is 15.4. The van der Waals surface area contributed by atoms with Crippen molar-refractivity contribution in [2.45, 2.75) is 32.3 Å². The third-order valence-corrected chi connectivity index (χ3v) is 4.22. The van der Waals surface area contributed by atoms with Crippen LogP contribution >= 0.6 is 23.2 Å². The first-order chi connectivity index (χ1) is 9.93. The van der Waals surface area contributed by atoms with Gasteiger partial charge in [-0.15, -0.1) is 0 Å². The van der Waals surface area contributed by atoms with Gasteiger partial charge < -0.3 is 5.11 Å². The zero-order valence-electron chi connectivity index (χ0n) is 11.9. The molecule has 1 aromatic carbocycles. The molecule has 1 aromatic heterocycles. The van der Waals surface area contributed by atoms with E-state index < -0.39 is 11.9 Å². The Morgan fingerprint density at radius 2 is 2.05 bits per heavy atom. The average Bonchev–Trinajstić information content (AvgIpc) is 2.70. The Hall–Kier alpha value is -1.10. The molecule has 2 aromatic rings. The molecule has 0 aliphatic carbocycles. The van der Waals surface area contributed by atoms with Crippen LogP contribution in [0.15, 0.2) is 18.2 Å². The van der Waals surface area contributed by atoms with Crippen LogP contribution in [-0.2, 0) is 26.3 Å². The summed E-state index contributed by atoms with van der Waals surface area (Å²) in [7, 11) is 1.78. The Kier molecular flexibility index (Phi) is 5.25. The number of aliphatic hydroxyl groups is 1. The smallest absolute Gasteiger partial charge is 0.127 e. The zero-order chi connectivity index (χ0) is 15.6. The topological polar surface area (TPSA) is 38.0 Å². The summed E-state index contributed by atoms with van der Waals surface area (Å²) in [5.41, 5.74) is 1.86. The van der Waals surface area contributed by atoms with Crippen molar-refractivity contribution in [2.24, 2.45) is 7.05 Å². The van der Waals surface area contributed by atoms with Gasteiger partial charge in [-0.25, -0.2) is 4.39 Å². The van der Waals surface area contributed by atoms with Gasteiger partial charge in [-0.1, -0.05) is 36.2 Å². The molecule has 1 unspecified atom stereocenters. The van der Waals surface area contributed by atoms with Crippen molar-refractivity contribution in [2.75, 3.05) is 0 Å². The van der Waals surface area contributed by atoms with Crippen LogP contribution in [0.3, 0.4) is 0 Å². The van der Waals surface area contributed by atoms with Crippen LogP contribution in [-0.4, -0.2) is 21.0 Å². The lowest BCUT2D eigenvalue weighted by Crippen LogP contribution is -2.17. The summed E-state index contributed by atoms with van der Waals surface area (Å²) in [6, 6.07) is 4.48. The van der Waals surface area contributed by atoms with E-state index in [1.54, 1.807) is 23.9 Å². The molecule has 2 rings (SSSR count). The van der Waals surface area contributed by atoms with Crippen molar-refractivity contribution in [3.63, 3.8) is 0 Å². The van der Waals surface area contributed by atoms with Crippen molar-refractivity contribution in [3.8, 4) is 0 Å². The van der Waals surface area contributed by atoms with Crippen molar-refractivity contribution in [1.82, 2.24) is 9.78 Å². The average molecular weight is 331 g/mol. The molecule has 1 N–H and O–H groups in total. The Bertz CT molecular complexity index is 623. The summed E-state index contributed by atoms with van der Waals surface area (Å²) in [4.78, 5) is 0. The van der Waals surface area contributed by atoms with Gasteiger partial charge in [-0.3, -0.25) is 4.68 Å². The molecule has 0 amide bonds. The fourth-order valence-corrected chi connectivity index (χ4v) is 2.91. The van der Waals surface area contributed by atoms with Crippen LogP contribution in [0.1, 0.15) is 23.9 Å². The lowest BCUT2D eigenvalue weighted by atomic mass is 10.0. The zero-order valence-corrected chi connectivity index (χ0v) is 13.4. The van der Waals surface area contributed by atoms with E-state index in [4.69, 9.17) is 23.2 Å². The molecule has 0 saturated heterocycles. The molecule has 0 aliphatic rings. The highest BCUT2D eigenvalue weighted by atomic mass is 35.5. The third kappa shape index (κ3) is 3.57. The molecule has 1 heterocycles. The van der Waals surface area contributed by atoms with Gasteiger partial charge in [0.1, 0.15) is 5.82 Å². The summed E-state index contributed by atoms with van der Waals surface area (Å²) in [5, 5.41) is 15.4. The molecule has 0 radical (unpaired) electrons. The number of hydrogen-bond donors (Lipinski definition) is 1. The summed E-state index contributed by atoms with van der Waals surface area (Å²) in [6.45, 7) is 1.97. The van der Waals surface area contributed by atoms with E-state index in [-0.39, 0.29) is 6.42 Å². The van der Waals surface area contributed by atoms with Crippen molar-refractivity contribution in [3.05, 3.63) is 51.0 Å². The number of benzene rings is 1. The van der Waals surface area contributed by atoms with Gasteiger partial charge in [0.25, 0.3) is 0 Å². The molecule has 21 heavy (non-hydrogen) atoms. The Labute approximate surface area is 133 Å². The summed E-state index contributed by atoms with van der Waals surface area (Å²) >= 11 is 12.2. The van der Waals surface area contributed by atoms with E-state index in [2.05, 4.69) is 5.10 Å². The van der Waals surface area contributed by atoms with Gasteiger partial charge >= 0.3 is 0 Å². The number of aliphatic hydroxyl groups excluding tert-OH is 1. The first-order valence-corrected chi connectivity index (χ1v) is 7.50. The quantitative estimate of drug-likeness (QED) is 0.909. The molecule has 6 heteroatoms. The highest BCUT2D eigenvalue weighted by Crippen LogP contribution is 2.25. The van der Waals surface area contributed by atoms with Gasteiger partial charge in [0.05, 0.1) is 22.5 Å². The maximum atomic E-state index is 13.7. The SMILES string of the molecule is CCc1nn(C)c(CC(O)Cc2c(F)cccc2Cl)c1Cl. The predicted molar refractivity (Wildman–Crippen MR) is 82.4 cm³/mol. The van der Waals surface area contributed by atoms with Gasteiger partial charge in [-0.2, -0.15) is 5.10 Å². The van der Waals surface area contributed by atoms with Gasteiger partial charge in [-0.05, 0) is 18.6 Å². The number of halogens is 3. The summed E-state index contributed by atoms with van der Waals surface area (Å²) in [6.07, 6.45) is 0.376. The van der Waals surface area contributed by atoms with Crippen molar-refractivity contribution < 1.29 is 9.50 Å². The third-order valence-electron chi connectivity index (χ3n) is 3.43. The molecular weight excluding hydrogens is 314 g/mol. The predicted octanol–water partition coefficient (Wildman–Crippen LogP) is 3.57. The molecule has 1 atom stereocenters. The molecule has 114 valence electrons. The maximum absolute atomic E-state index is 13.7. The van der Waals surface area contributed by atoms with E-state index in [0.717, 1.165) is 17.8 Å². The van der Waals surface area contributed by atoms with E-state index in [1.807, 2.05) is 6.92 Å². The second-order valence-electron chi connectivity index (χ2n) is 4.95. The van der Waals surface area contributed by atoms with E-state index >= 15 is 0 Å². The molecule has 3 nitrogen and oxygen atoms in total. The minimum Gasteiger partial charge on any atom is -0.392 e. The number of aryl methyl sites for hydroxylation is 2. The molecule has 0 spiro atoms. The van der Waals surface area contributed by atoms with Crippen LogP contribution < -0.4 is 0 Å². The Morgan fingerprint density at radius 1 is 1.33 bits per heavy atom. The summed E-state index contributed by atoms with van der Waals surface area (Å²) in [5.74, 6) is -0.410. The second kappa shape index (κ2) is 6.77. The van der Waals surface area contributed by atoms with Gasteiger partial charge in [0.15, 0.2) is 0 Å².